The van der Waals surface area contributed by atoms with E-state index < -0.39 is 0 Å². The number of hydrogen-bond acceptors (Lipinski definition) is 1. The summed E-state index contributed by atoms with van der Waals surface area (Å²) in [5, 5.41) is 1.35. The van der Waals surface area contributed by atoms with E-state index in [2.05, 4.69) is 30.7 Å². The Balaban J connectivity index is 2.53. The van der Waals surface area contributed by atoms with Gasteiger partial charge in [-0.05, 0) is 26.0 Å². The summed E-state index contributed by atoms with van der Waals surface area (Å²) in [6.07, 6.45) is 1.85. The van der Waals surface area contributed by atoms with Gasteiger partial charge in [0.05, 0.1) is 0 Å². The molecule has 13 heavy (non-hydrogen) atoms. The van der Waals surface area contributed by atoms with Gasteiger partial charge in [0.1, 0.15) is 0 Å². The molecule has 0 bridgehead atoms. The summed E-state index contributed by atoms with van der Waals surface area (Å²) in [6.45, 7) is 4.31. The molecular weight excluding hydrogens is 177 g/mol. The lowest BCUT2D eigenvalue weighted by molar-refractivity contribution is 1.32. The summed E-state index contributed by atoms with van der Waals surface area (Å²) >= 11 is 0. The van der Waals surface area contributed by atoms with Crippen LogP contribution in [0, 0.1) is 13.8 Å². The van der Waals surface area contributed by atoms with Crippen molar-refractivity contribution in [3.63, 3.8) is 0 Å². The molecule has 0 fully saturated rings. The van der Waals surface area contributed by atoms with E-state index in [1.54, 1.807) is 0 Å². The van der Waals surface area contributed by atoms with Gasteiger partial charge in [0.25, 0.3) is 0 Å². The number of rotatable bonds is 1. The first-order valence-corrected chi connectivity index (χ1v) is 5.25. The van der Waals surface area contributed by atoms with E-state index in [0.29, 0.717) is 0 Å². The molecule has 2 aromatic rings. The molecule has 0 aliphatic carbocycles. The number of pyridine rings is 1. The highest BCUT2D eigenvalue weighted by atomic mass is 31.0. The van der Waals surface area contributed by atoms with Crippen molar-refractivity contribution in [2.24, 2.45) is 0 Å². The quantitative estimate of drug-likeness (QED) is 0.665. The summed E-state index contributed by atoms with van der Waals surface area (Å²) in [5.74, 6) is 2.24. The fraction of sp³-hybridized carbons (Fsp3) is 0.182. The Hall–Kier alpha value is -1.07. The Labute approximate surface area is 79.9 Å². The molecule has 0 aliphatic rings. The predicted octanol–water partition coefficient (Wildman–Crippen LogP) is 3.66. The molecule has 0 aliphatic heterocycles. The van der Waals surface area contributed by atoms with Crippen molar-refractivity contribution < 1.29 is 0 Å². The van der Waals surface area contributed by atoms with E-state index >= 15 is 0 Å². The molecule has 2 heteroatoms. The fourth-order valence-corrected chi connectivity index (χ4v) is 2.45. The largest absolute Gasteiger partial charge is 0.521 e. The second-order valence-corrected chi connectivity index (χ2v) is 4.09. The summed E-state index contributed by atoms with van der Waals surface area (Å²) < 4.78 is 0. The Morgan fingerprint density at radius 2 is 2.08 bits per heavy atom. The minimum absolute atomic E-state index is 1.11. The van der Waals surface area contributed by atoms with Gasteiger partial charge in [-0.15, -0.1) is 0 Å². The average Bonchev–Trinajstić information content (AvgIpc) is 2.49. The Morgan fingerprint density at radius 1 is 1.23 bits per heavy atom. The number of nitrogens with zero attached hydrogens (tertiary/aromatic N) is 1. The first kappa shape index (κ1) is 8.52. The SMILES string of the molecule is Cc1c[p-]c(-c2ccccn2)c1C. The number of aromatic nitrogens is 1. The molecule has 0 saturated carbocycles. The van der Waals surface area contributed by atoms with Crippen molar-refractivity contribution in [1.82, 2.24) is 4.98 Å². The van der Waals surface area contributed by atoms with Crippen LogP contribution < -0.4 is 0 Å². The molecule has 0 unspecified atom stereocenters. The monoisotopic (exact) mass is 188 g/mol. The van der Waals surface area contributed by atoms with Gasteiger partial charge in [-0.1, -0.05) is 17.2 Å². The summed E-state index contributed by atoms with van der Waals surface area (Å²) in [7, 11) is 1.28. The van der Waals surface area contributed by atoms with Gasteiger partial charge in [0, 0.05) is 11.9 Å². The summed E-state index contributed by atoms with van der Waals surface area (Å²) in [5.41, 5.74) is 3.86. The fourth-order valence-electron chi connectivity index (χ4n) is 1.30. The molecule has 2 rings (SSSR count). The second-order valence-electron chi connectivity index (χ2n) is 3.13. The standard InChI is InChI=1S/C11H11NP/c1-8-7-13-11(9(8)2)10-5-3-4-6-12-10/h3-7H,1-2H3/q-1. The maximum atomic E-state index is 4.35. The molecular formula is C11H11NP-. The second kappa shape index (κ2) is 3.35. The lowest BCUT2D eigenvalue weighted by Crippen LogP contribution is -1.80. The number of aryl methyl sites for hydroxylation is 1. The van der Waals surface area contributed by atoms with Crippen molar-refractivity contribution in [3.05, 3.63) is 41.3 Å². The molecule has 0 aromatic carbocycles. The minimum atomic E-state index is 1.11. The van der Waals surface area contributed by atoms with Crippen LogP contribution in [0.5, 0.6) is 0 Å². The smallest absolute Gasteiger partial charge is 0.0389 e. The van der Waals surface area contributed by atoms with Crippen LogP contribution >= 0.6 is 8.19 Å². The zero-order chi connectivity index (χ0) is 9.26. The molecule has 0 spiro atoms. The van der Waals surface area contributed by atoms with Crippen LogP contribution in [0.15, 0.2) is 30.2 Å². The van der Waals surface area contributed by atoms with Gasteiger partial charge in [0.15, 0.2) is 0 Å². The van der Waals surface area contributed by atoms with E-state index in [0.717, 1.165) is 5.69 Å². The first-order valence-electron chi connectivity index (χ1n) is 4.29. The van der Waals surface area contributed by atoms with E-state index in [1.165, 1.54) is 24.6 Å². The third-order valence-corrected chi connectivity index (χ3v) is 3.58. The van der Waals surface area contributed by atoms with Crippen molar-refractivity contribution in [1.29, 1.82) is 0 Å². The van der Waals surface area contributed by atoms with Gasteiger partial charge in [-0.3, -0.25) is 4.98 Å². The molecule has 2 heterocycles. The molecule has 66 valence electrons. The van der Waals surface area contributed by atoms with Gasteiger partial charge in [-0.25, -0.2) is 5.80 Å². The normalized spacial score (nSPS) is 10.9. The van der Waals surface area contributed by atoms with Gasteiger partial charge in [-0.2, -0.15) is 5.30 Å². The van der Waals surface area contributed by atoms with Gasteiger partial charge < -0.3 is 8.19 Å². The van der Waals surface area contributed by atoms with Crippen LogP contribution in [-0.2, 0) is 0 Å². The van der Waals surface area contributed by atoms with Crippen molar-refractivity contribution >= 4 is 8.19 Å². The lowest BCUT2D eigenvalue weighted by Gasteiger charge is -2.07. The van der Waals surface area contributed by atoms with Crippen molar-refractivity contribution in [3.8, 4) is 11.0 Å². The van der Waals surface area contributed by atoms with Crippen LogP contribution in [0.1, 0.15) is 11.1 Å². The van der Waals surface area contributed by atoms with E-state index in [9.17, 15) is 0 Å². The third kappa shape index (κ3) is 1.52. The topological polar surface area (TPSA) is 12.9 Å². The van der Waals surface area contributed by atoms with E-state index in [4.69, 9.17) is 0 Å². The van der Waals surface area contributed by atoms with Crippen LogP contribution in [-0.4, -0.2) is 4.98 Å². The first-order chi connectivity index (χ1) is 6.29. The Kier molecular flexibility index (Phi) is 2.20. The van der Waals surface area contributed by atoms with Crippen molar-refractivity contribution in [2.45, 2.75) is 13.8 Å². The van der Waals surface area contributed by atoms with Crippen LogP contribution in [0.25, 0.3) is 11.0 Å². The molecule has 2 aromatic heterocycles. The summed E-state index contributed by atoms with van der Waals surface area (Å²) in [6, 6.07) is 6.05. The predicted molar refractivity (Wildman–Crippen MR) is 57.3 cm³/mol. The molecule has 0 N–H and O–H groups in total. The van der Waals surface area contributed by atoms with E-state index in [-0.39, 0.29) is 0 Å². The van der Waals surface area contributed by atoms with Gasteiger partial charge in [0.2, 0.25) is 0 Å². The molecule has 0 radical (unpaired) electrons. The van der Waals surface area contributed by atoms with E-state index in [1.807, 2.05) is 18.3 Å². The maximum Gasteiger partial charge on any atom is 0.0389 e. The van der Waals surface area contributed by atoms with Gasteiger partial charge >= 0.3 is 0 Å². The zero-order valence-corrected chi connectivity index (χ0v) is 8.68. The minimum Gasteiger partial charge on any atom is -0.521 e. The highest BCUT2D eigenvalue weighted by Gasteiger charge is 1.96. The third-order valence-electron chi connectivity index (χ3n) is 2.24. The number of hydrogen-bond donors (Lipinski definition) is 0. The Bertz CT molecular complexity index is 403. The molecule has 0 saturated heterocycles. The highest BCUT2D eigenvalue weighted by Crippen LogP contribution is 2.33. The zero-order valence-electron chi connectivity index (χ0n) is 7.78. The Morgan fingerprint density at radius 3 is 2.62 bits per heavy atom. The molecule has 1 nitrogen and oxygen atoms in total. The van der Waals surface area contributed by atoms with Crippen LogP contribution in [0.3, 0.4) is 0 Å². The lowest BCUT2D eigenvalue weighted by atomic mass is 10.1. The van der Waals surface area contributed by atoms with Crippen LogP contribution in [0.2, 0.25) is 0 Å². The molecule has 0 amide bonds. The highest BCUT2D eigenvalue weighted by molar-refractivity contribution is 7.33. The van der Waals surface area contributed by atoms with Crippen molar-refractivity contribution in [2.75, 3.05) is 0 Å². The summed E-state index contributed by atoms with van der Waals surface area (Å²) in [4.78, 5) is 4.35. The maximum absolute atomic E-state index is 4.35. The molecule has 0 atom stereocenters. The van der Waals surface area contributed by atoms with Crippen LogP contribution in [0.4, 0.5) is 0 Å². The average molecular weight is 188 g/mol.